The van der Waals surface area contributed by atoms with E-state index in [2.05, 4.69) is 15.7 Å². The van der Waals surface area contributed by atoms with Crippen molar-refractivity contribution in [3.05, 3.63) is 34.7 Å². The van der Waals surface area contributed by atoms with Crippen LogP contribution in [0.1, 0.15) is 17.3 Å². The molecule has 0 saturated carbocycles. The highest BCUT2D eigenvalue weighted by molar-refractivity contribution is 5.90. The van der Waals surface area contributed by atoms with Crippen molar-refractivity contribution in [1.82, 2.24) is 0 Å². The lowest BCUT2D eigenvalue weighted by molar-refractivity contribution is 0.0601. The summed E-state index contributed by atoms with van der Waals surface area (Å²) in [5.74, 6) is -0.354. The largest absolute Gasteiger partial charge is 0.465 e. The van der Waals surface area contributed by atoms with Gasteiger partial charge >= 0.3 is 11.7 Å². The average molecular weight is 176 g/mol. The fourth-order valence-corrected chi connectivity index (χ4v) is 0.949. The van der Waals surface area contributed by atoms with E-state index in [0.29, 0.717) is 11.3 Å². The molecule has 66 valence electrons. The molecular weight excluding hydrogens is 166 g/mol. The van der Waals surface area contributed by atoms with E-state index in [0.717, 1.165) is 0 Å². The maximum Gasteiger partial charge on any atom is 0.341 e. The van der Waals surface area contributed by atoms with Crippen LogP contribution in [0.2, 0.25) is 0 Å². The molecule has 0 unspecified atom stereocenters. The van der Waals surface area contributed by atoms with Crippen molar-refractivity contribution < 1.29 is 9.53 Å². The van der Waals surface area contributed by atoms with Crippen molar-refractivity contribution in [2.24, 2.45) is 0 Å². The molecule has 0 aromatic heterocycles. The van der Waals surface area contributed by atoms with Gasteiger partial charge in [0.25, 0.3) is 6.07 Å². The fourth-order valence-electron chi connectivity index (χ4n) is 0.949. The predicted octanol–water partition coefficient (Wildman–Crippen LogP) is 2.46. The summed E-state index contributed by atoms with van der Waals surface area (Å²) in [5, 5.41) is 0. The fraction of sp³-hybridized carbons (Fsp3) is 0.200. The summed E-state index contributed by atoms with van der Waals surface area (Å²) in [6.45, 7) is 1.70. The summed E-state index contributed by atoms with van der Waals surface area (Å²) in [7, 11) is 1.35. The molecule has 3 nitrogen and oxygen atoms in total. The molecule has 0 radical (unpaired) electrons. The molecule has 3 heteroatoms. The summed E-state index contributed by atoms with van der Waals surface area (Å²) >= 11 is 0. The smallest absolute Gasteiger partial charge is 0.341 e. The molecule has 0 bridgehead atoms. The number of carbonyl (C=O) groups is 1. The monoisotopic (exact) mass is 176 g/mol. The molecule has 0 heterocycles. The number of nitrogens with zero attached hydrogens (tertiary/aromatic N) is 1. The van der Waals surface area contributed by atoms with Gasteiger partial charge in [-0.25, -0.2) is 4.79 Å². The molecule has 1 aromatic rings. The van der Waals surface area contributed by atoms with Gasteiger partial charge < -0.3 is 4.74 Å². The molecule has 0 N–H and O–H groups in total. The number of carbonyl (C=O) groups excluding carboxylic acids is 1. The van der Waals surface area contributed by atoms with Gasteiger partial charge in [0.2, 0.25) is 0 Å². The molecule has 13 heavy (non-hydrogen) atoms. The Hall–Kier alpha value is -1.82. The third-order valence-electron chi connectivity index (χ3n) is 1.51. The lowest BCUT2D eigenvalue weighted by atomic mass is 10.2. The van der Waals surface area contributed by atoms with Gasteiger partial charge in [-0.15, -0.1) is 0 Å². The van der Waals surface area contributed by atoms with Crippen LogP contribution in [0.25, 0.3) is 4.85 Å². The van der Waals surface area contributed by atoms with E-state index in [1.807, 2.05) is 0 Å². The molecule has 0 aliphatic carbocycles. The minimum absolute atomic E-state index is 0.354. The van der Waals surface area contributed by atoms with Crippen LogP contribution in [0.4, 0.5) is 5.69 Å². The average Bonchev–Trinajstić information content (AvgIpc) is 2.18. The third-order valence-corrected chi connectivity index (χ3v) is 1.51. The molecule has 0 spiro atoms. The Kier molecular flexibility index (Phi) is 3.04. The first-order chi connectivity index (χ1) is 6.27. The Morgan fingerprint density at radius 3 is 2.92 bits per heavy atom. The third kappa shape index (κ3) is 2.31. The van der Waals surface area contributed by atoms with Crippen molar-refractivity contribution in [1.29, 1.82) is 0 Å². The number of benzene rings is 1. The van der Waals surface area contributed by atoms with Gasteiger partial charge in [-0.3, -0.25) is 0 Å². The number of rotatable bonds is 1. The Labute approximate surface area is 76.8 Å². The van der Waals surface area contributed by atoms with Crippen LogP contribution in [-0.4, -0.2) is 13.1 Å². The molecular formula is C10H10NO2+. The van der Waals surface area contributed by atoms with Gasteiger partial charge in [0, 0.05) is 12.1 Å². The number of ether oxygens (including phenoxy) is 1. The zero-order valence-corrected chi connectivity index (χ0v) is 7.57. The molecule has 1 rings (SSSR count). The van der Waals surface area contributed by atoms with Gasteiger partial charge in [0.1, 0.15) is 0 Å². The SMILES string of the molecule is CC#[N+]c1cccc(C(=O)OC)c1. The second-order valence-electron chi connectivity index (χ2n) is 2.38. The summed E-state index contributed by atoms with van der Waals surface area (Å²) in [6, 6.07) is 9.52. The van der Waals surface area contributed by atoms with E-state index >= 15 is 0 Å². The van der Waals surface area contributed by atoms with E-state index in [-0.39, 0.29) is 5.97 Å². The normalized spacial score (nSPS) is 8.46. The molecule has 0 fully saturated rings. The summed E-state index contributed by atoms with van der Waals surface area (Å²) in [4.78, 5) is 15.0. The zero-order valence-electron chi connectivity index (χ0n) is 7.57. The molecule has 0 amide bonds. The van der Waals surface area contributed by atoms with Crippen LogP contribution in [-0.2, 0) is 4.74 Å². The van der Waals surface area contributed by atoms with Gasteiger partial charge in [0.15, 0.2) is 0 Å². The van der Waals surface area contributed by atoms with Crippen LogP contribution in [0.3, 0.4) is 0 Å². The van der Waals surface area contributed by atoms with Crippen LogP contribution >= 0.6 is 0 Å². The first kappa shape index (κ1) is 9.27. The molecule has 0 aliphatic heterocycles. The number of esters is 1. The van der Waals surface area contributed by atoms with Gasteiger partial charge in [0.05, 0.1) is 19.6 Å². The highest BCUT2D eigenvalue weighted by Gasteiger charge is 2.08. The van der Waals surface area contributed by atoms with Crippen molar-refractivity contribution >= 4 is 11.7 Å². The van der Waals surface area contributed by atoms with Crippen molar-refractivity contribution in [2.75, 3.05) is 7.11 Å². The van der Waals surface area contributed by atoms with Crippen LogP contribution in [0, 0.1) is 6.07 Å². The Morgan fingerprint density at radius 1 is 1.54 bits per heavy atom. The molecule has 1 aromatic carbocycles. The van der Waals surface area contributed by atoms with E-state index in [4.69, 9.17) is 0 Å². The lowest BCUT2D eigenvalue weighted by Crippen LogP contribution is -1.99. The molecule has 0 aliphatic rings. The van der Waals surface area contributed by atoms with E-state index in [1.165, 1.54) is 7.11 Å². The van der Waals surface area contributed by atoms with E-state index in [9.17, 15) is 4.79 Å². The van der Waals surface area contributed by atoms with Crippen LogP contribution in [0.5, 0.6) is 0 Å². The van der Waals surface area contributed by atoms with Crippen molar-refractivity contribution in [3.8, 4) is 6.07 Å². The maximum absolute atomic E-state index is 11.1. The van der Waals surface area contributed by atoms with Crippen LogP contribution in [0.15, 0.2) is 24.3 Å². The highest BCUT2D eigenvalue weighted by Crippen LogP contribution is 2.14. The summed E-state index contributed by atoms with van der Waals surface area (Å²) in [6.07, 6.45) is 0. The molecule has 0 atom stereocenters. The number of hydrogen-bond acceptors (Lipinski definition) is 2. The minimum Gasteiger partial charge on any atom is -0.465 e. The van der Waals surface area contributed by atoms with Gasteiger partial charge in [-0.05, 0) is 10.9 Å². The number of methoxy groups -OCH3 is 1. The Morgan fingerprint density at radius 2 is 2.31 bits per heavy atom. The van der Waals surface area contributed by atoms with Crippen molar-refractivity contribution in [2.45, 2.75) is 6.92 Å². The maximum atomic E-state index is 11.1. The minimum atomic E-state index is -0.354. The molecule has 0 saturated heterocycles. The Balaban J connectivity index is 3.02. The first-order valence-corrected chi connectivity index (χ1v) is 3.84. The summed E-state index contributed by atoms with van der Waals surface area (Å²) < 4.78 is 4.57. The van der Waals surface area contributed by atoms with E-state index in [1.54, 1.807) is 31.2 Å². The Bertz CT molecular complexity index is 374. The topological polar surface area (TPSA) is 30.7 Å². The number of hydrogen-bond donors (Lipinski definition) is 0. The first-order valence-electron chi connectivity index (χ1n) is 3.84. The zero-order chi connectivity index (χ0) is 9.68. The van der Waals surface area contributed by atoms with Crippen LogP contribution < -0.4 is 0 Å². The highest BCUT2D eigenvalue weighted by atomic mass is 16.5. The standard InChI is InChI=1S/C10H10NO2/c1-3-11-9-6-4-5-8(7-9)10(12)13-2/h4-7H,1-2H3/q+1. The van der Waals surface area contributed by atoms with Gasteiger partial charge in [-0.2, -0.15) is 0 Å². The summed E-state index contributed by atoms with van der Waals surface area (Å²) in [5.41, 5.74) is 1.20. The quantitative estimate of drug-likeness (QED) is 0.615. The lowest BCUT2D eigenvalue weighted by Gasteiger charge is -1.94. The second-order valence-corrected chi connectivity index (χ2v) is 2.38. The van der Waals surface area contributed by atoms with Gasteiger partial charge in [-0.1, -0.05) is 6.07 Å². The second kappa shape index (κ2) is 4.27. The van der Waals surface area contributed by atoms with Crippen molar-refractivity contribution in [3.63, 3.8) is 0 Å². The van der Waals surface area contributed by atoms with E-state index < -0.39 is 0 Å². The predicted molar refractivity (Wildman–Crippen MR) is 50.4 cm³/mol.